The molecule has 1 fully saturated rings. The average molecular weight is 391 g/mol. The van der Waals surface area contributed by atoms with E-state index in [1.54, 1.807) is 12.1 Å². The van der Waals surface area contributed by atoms with Gasteiger partial charge >= 0.3 is 0 Å². The smallest absolute Gasteiger partial charge is 0.167 e. The zero-order valence-electron chi connectivity index (χ0n) is 17.8. The number of H-pyrrole nitrogens is 1. The number of hydrogen-bond donors (Lipinski definition) is 1. The summed E-state index contributed by atoms with van der Waals surface area (Å²) in [5.74, 6) is -0.192. The van der Waals surface area contributed by atoms with E-state index in [1.807, 2.05) is 20.0 Å². The number of ether oxygens (including phenoxy) is 1. The minimum Gasteiger partial charge on any atom is -0.373 e. The topological polar surface area (TPSA) is 41.1 Å². The van der Waals surface area contributed by atoms with Gasteiger partial charge in [-0.2, -0.15) is 5.10 Å². The van der Waals surface area contributed by atoms with Crippen LogP contribution in [0.25, 0.3) is 10.9 Å². The van der Waals surface area contributed by atoms with Gasteiger partial charge in [0.15, 0.2) is 7.85 Å². The summed E-state index contributed by atoms with van der Waals surface area (Å²) in [6.07, 6.45) is 1.96. The second kappa shape index (κ2) is 7.96. The van der Waals surface area contributed by atoms with Crippen LogP contribution >= 0.6 is 0 Å². The first-order chi connectivity index (χ1) is 13.9. The highest BCUT2D eigenvalue weighted by Crippen LogP contribution is 2.37. The molecular weight excluding hydrogens is 363 g/mol. The van der Waals surface area contributed by atoms with Crippen molar-refractivity contribution in [3.05, 3.63) is 53.3 Å². The van der Waals surface area contributed by atoms with Crippen LogP contribution in [-0.2, 0) is 10.2 Å². The van der Waals surface area contributed by atoms with Crippen LogP contribution in [0, 0.1) is 5.82 Å². The van der Waals surface area contributed by atoms with E-state index in [9.17, 15) is 4.39 Å². The molecular formula is C22H28B2FN3O. The predicted molar refractivity (Wildman–Crippen MR) is 122 cm³/mol. The Hall–Kier alpha value is -2.11. The van der Waals surface area contributed by atoms with E-state index in [-0.39, 0.29) is 17.3 Å². The van der Waals surface area contributed by atoms with E-state index in [0.29, 0.717) is 6.61 Å². The number of aromatic nitrogens is 2. The highest BCUT2D eigenvalue weighted by molar-refractivity contribution is 6.39. The number of rotatable bonds is 5. The molecule has 4 nitrogen and oxygen atoms in total. The minimum atomic E-state index is -0.192. The molecule has 0 spiro atoms. The van der Waals surface area contributed by atoms with Crippen molar-refractivity contribution in [3.63, 3.8) is 0 Å². The fraction of sp³-hybridized carbons (Fsp3) is 0.409. The number of nitrogens with one attached hydrogen (secondary N) is 1. The van der Waals surface area contributed by atoms with Gasteiger partial charge < -0.3 is 9.64 Å². The molecule has 7 heteroatoms. The maximum Gasteiger partial charge on any atom is 0.167 e. The molecule has 1 aliphatic heterocycles. The van der Waals surface area contributed by atoms with E-state index < -0.39 is 0 Å². The van der Waals surface area contributed by atoms with Gasteiger partial charge in [0.05, 0.1) is 18.2 Å². The molecule has 1 atom stereocenters. The van der Waals surface area contributed by atoms with Crippen LogP contribution < -0.4 is 11.1 Å². The highest BCUT2D eigenvalue weighted by atomic mass is 19.1. The highest BCUT2D eigenvalue weighted by Gasteiger charge is 2.36. The van der Waals surface area contributed by atoms with Crippen molar-refractivity contribution >= 4 is 37.7 Å². The van der Waals surface area contributed by atoms with E-state index >= 15 is 0 Å². The molecule has 0 aliphatic carbocycles. The number of fused-ring (bicyclic) bond motifs is 1. The molecule has 0 bridgehead atoms. The summed E-state index contributed by atoms with van der Waals surface area (Å²) in [7, 11) is 6.29. The fourth-order valence-corrected chi connectivity index (χ4v) is 4.49. The number of nitrogens with zero attached hydrogens (tertiary/aromatic N) is 2. The molecule has 3 aromatic rings. The van der Waals surface area contributed by atoms with E-state index in [2.05, 4.69) is 49.0 Å². The summed E-state index contributed by atoms with van der Waals surface area (Å²) in [6, 6.07) is 11.3. The van der Waals surface area contributed by atoms with E-state index in [1.165, 1.54) is 11.0 Å². The predicted octanol–water partition coefficient (Wildman–Crippen LogP) is 0.960. The fourth-order valence-electron chi connectivity index (χ4n) is 4.49. The first kappa shape index (κ1) is 20.2. The van der Waals surface area contributed by atoms with Crippen LogP contribution in [0.2, 0.25) is 0 Å². The molecule has 1 saturated heterocycles. The molecule has 0 saturated carbocycles. The van der Waals surface area contributed by atoms with Gasteiger partial charge in [-0.25, -0.2) is 4.39 Å². The Morgan fingerprint density at radius 2 is 1.90 bits per heavy atom. The third-order valence-electron chi connectivity index (χ3n) is 6.49. The van der Waals surface area contributed by atoms with Crippen molar-refractivity contribution in [2.75, 3.05) is 26.7 Å². The summed E-state index contributed by atoms with van der Waals surface area (Å²) < 4.78 is 20.0. The van der Waals surface area contributed by atoms with Crippen molar-refractivity contribution < 1.29 is 9.13 Å². The van der Waals surface area contributed by atoms with Crippen molar-refractivity contribution in [3.8, 4) is 0 Å². The Bertz CT molecular complexity index is 997. The number of likely N-dealkylation sites (tertiary alicyclic amines) is 1. The summed E-state index contributed by atoms with van der Waals surface area (Å²) >= 11 is 0. The Balaban J connectivity index is 1.60. The number of aromatic amines is 1. The first-order valence-electron chi connectivity index (χ1n) is 10.4. The molecule has 2 aromatic carbocycles. The lowest BCUT2D eigenvalue weighted by atomic mass is 9.73. The SMILES string of the molecule is Bc1cc([C@@H](C)OCC2(c3ccc(F)cc3)CCN(C)CC2)c2[nH]nc(B)c2c1. The monoisotopic (exact) mass is 391 g/mol. The van der Waals surface area contributed by atoms with Crippen LogP contribution in [0.15, 0.2) is 36.4 Å². The molecule has 1 aliphatic rings. The third kappa shape index (κ3) is 3.99. The van der Waals surface area contributed by atoms with Crippen LogP contribution in [0.4, 0.5) is 4.39 Å². The van der Waals surface area contributed by atoms with Gasteiger partial charge in [-0.3, -0.25) is 5.10 Å². The van der Waals surface area contributed by atoms with Crippen molar-refractivity contribution in [2.24, 2.45) is 0 Å². The van der Waals surface area contributed by atoms with Gasteiger partial charge in [0.2, 0.25) is 0 Å². The number of benzene rings is 2. The van der Waals surface area contributed by atoms with Crippen molar-refractivity contribution in [1.29, 1.82) is 0 Å². The van der Waals surface area contributed by atoms with Crippen molar-refractivity contribution in [1.82, 2.24) is 15.1 Å². The Morgan fingerprint density at radius 3 is 2.59 bits per heavy atom. The lowest BCUT2D eigenvalue weighted by molar-refractivity contribution is 0.00699. The molecule has 2 heterocycles. The molecule has 0 amide bonds. The molecule has 0 radical (unpaired) electrons. The molecule has 1 N–H and O–H groups in total. The van der Waals surface area contributed by atoms with Crippen LogP contribution in [0.5, 0.6) is 0 Å². The molecule has 4 rings (SSSR count). The zero-order chi connectivity index (χ0) is 20.6. The van der Waals surface area contributed by atoms with Crippen LogP contribution in [0.3, 0.4) is 0 Å². The normalized spacial score (nSPS) is 18.2. The maximum atomic E-state index is 13.5. The molecule has 1 aromatic heterocycles. The van der Waals surface area contributed by atoms with Crippen molar-refractivity contribution in [2.45, 2.75) is 31.3 Å². The molecule has 150 valence electrons. The summed E-state index contributed by atoms with van der Waals surface area (Å²) in [6.45, 7) is 4.76. The molecule has 29 heavy (non-hydrogen) atoms. The van der Waals surface area contributed by atoms with Gasteiger partial charge in [-0.05, 0) is 57.6 Å². The van der Waals surface area contributed by atoms with Gasteiger partial charge in [-0.15, -0.1) is 0 Å². The molecule has 0 unspecified atom stereocenters. The Kier molecular flexibility index (Phi) is 5.54. The second-order valence-electron chi connectivity index (χ2n) is 8.63. The Labute approximate surface area is 173 Å². The third-order valence-corrected chi connectivity index (χ3v) is 6.49. The maximum absolute atomic E-state index is 13.5. The van der Waals surface area contributed by atoms with Crippen LogP contribution in [0.1, 0.15) is 37.0 Å². The van der Waals surface area contributed by atoms with Gasteiger partial charge in [-0.1, -0.05) is 29.7 Å². The quantitative estimate of drug-likeness (QED) is 0.659. The number of halogens is 1. The standard InChI is InChI=1S/C22H28B2FN3O/c1-14(18-11-16(23)12-19-20(18)26-27-21(19)24)29-13-22(7-9-28(2)10-8-22)15-3-5-17(25)6-4-15/h3-6,11-12,14H,7-10,13,23-24H2,1-2H3,(H,26,27)/t14-/m1/s1. The number of piperidine rings is 1. The average Bonchev–Trinajstić information content (AvgIpc) is 3.08. The number of hydrogen-bond acceptors (Lipinski definition) is 3. The summed E-state index contributed by atoms with van der Waals surface area (Å²) in [4.78, 5) is 2.35. The van der Waals surface area contributed by atoms with Crippen LogP contribution in [-0.4, -0.2) is 57.5 Å². The second-order valence-corrected chi connectivity index (χ2v) is 8.63. The largest absolute Gasteiger partial charge is 0.373 e. The lowest BCUT2D eigenvalue weighted by Crippen LogP contribution is -2.44. The van der Waals surface area contributed by atoms with Gasteiger partial charge in [0.1, 0.15) is 13.7 Å². The van der Waals surface area contributed by atoms with Gasteiger partial charge in [0.25, 0.3) is 0 Å². The summed E-state index contributed by atoms with van der Waals surface area (Å²) in [5, 5.41) is 8.72. The van der Waals surface area contributed by atoms with E-state index in [0.717, 1.165) is 48.0 Å². The Morgan fingerprint density at radius 1 is 1.21 bits per heavy atom. The zero-order valence-corrected chi connectivity index (χ0v) is 17.8. The summed E-state index contributed by atoms with van der Waals surface area (Å²) in [5.41, 5.74) is 5.50. The van der Waals surface area contributed by atoms with Gasteiger partial charge in [0, 0.05) is 22.0 Å². The minimum absolute atomic E-state index is 0.0609. The lowest BCUT2D eigenvalue weighted by Gasteiger charge is -2.41. The van der Waals surface area contributed by atoms with E-state index in [4.69, 9.17) is 4.74 Å². The first-order valence-corrected chi connectivity index (χ1v) is 10.4.